The SMILES string of the molecule is CNC(=O)c1ccc(NC(=O)C[NH+](C)CCc2ccc(OC)c(OC)c2)cc1. The van der Waals surface area contributed by atoms with Crippen molar-refractivity contribution in [2.24, 2.45) is 0 Å². The van der Waals surface area contributed by atoms with Crippen LogP contribution in [-0.4, -0.2) is 53.2 Å². The van der Waals surface area contributed by atoms with Crippen molar-refractivity contribution in [1.29, 1.82) is 0 Å². The fourth-order valence-corrected chi connectivity index (χ4v) is 2.81. The number of carbonyl (C=O) groups excluding carboxylic acids is 2. The molecule has 7 nitrogen and oxygen atoms in total. The Morgan fingerprint density at radius 2 is 1.68 bits per heavy atom. The van der Waals surface area contributed by atoms with E-state index >= 15 is 0 Å². The molecule has 1 unspecified atom stereocenters. The Bertz CT molecular complexity index is 806. The summed E-state index contributed by atoms with van der Waals surface area (Å²) in [7, 11) is 6.79. The van der Waals surface area contributed by atoms with Gasteiger partial charge in [0, 0.05) is 24.7 Å². The van der Waals surface area contributed by atoms with Gasteiger partial charge >= 0.3 is 0 Å². The van der Waals surface area contributed by atoms with Crippen LogP contribution in [0, 0.1) is 0 Å². The number of rotatable bonds is 9. The van der Waals surface area contributed by atoms with Crippen LogP contribution in [0.4, 0.5) is 5.69 Å². The number of amides is 2. The first kappa shape index (κ1) is 21.2. The first-order valence-electron chi connectivity index (χ1n) is 9.11. The van der Waals surface area contributed by atoms with E-state index in [9.17, 15) is 9.59 Å². The molecule has 0 aliphatic carbocycles. The first-order valence-corrected chi connectivity index (χ1v) is 9.11. The number of quaternary nitrogens is 1. The average Bonchev–Trinajstić information content (AvgIpc) is 2.71. The second-order valence-corrected chi connectivity index (χ2v) is 6.53. The number of hydrogen-bond donors (Lipinski definition) is 3. The Morgan fingerprint density at radius 3 is 2.29 bits per heavy atom. The number of likely N-dealkylation sites (N-methyl/N-ethyl adjacent to an activating group) is 1. The normalized spacial score (nSPS) is 11.4. The topological polar surface area (TPSA) is 81.1 Å². The molecule has 1 atom stereocenters. The molecule has 0 radical (unpaired) electrons. The van der Waals surface area contributed by atoms with Crippen LogP contribution >= 0.6 is 0 Å². The van der Waals surface area contributed by atoms with Gasteiger partial charge in [0.05, 0.1) is 27.8 Å². The van der Waals surface area contributed by atoms with Gasteiger partial charge in [-0.3, -0.25) is 9.59 Å². The Kier molecular flexibility index (Phi) is 7.83. The van der Waals surface area contributed by atoms with Crippen LogP contribution in [0.1, 0.15) is 15.9 Å². The molecular weight excluding hydrogens is 358 g/mol. The highest BCUT2D eigenvalue weighted by atomic mass is 16.5. The van der Waals surface area contributed by atoms with Crippen LogP contribution < -0.4 is 25.0 Å². The molecule has 0 aromatic heterocycles. The molecule has 0 heterocycles. The Balaban J connectivity index is 1.83. The van der Waals surface area contributed by atoms with Crippen LogP contribution in [0.3, 0.4) is 0 Å². The average molecular weight is 386 g/mol. The predicted octanol–water partition coefficient (Wildman–Crippen LogP) is 0.759. The molecule has 0 saturated carbocycles. The quantitative estimate of drug-likeness (QED) is 0.594. The monoisotopic (exact) mass is 386 g/mol. The molecule has 3 N–H and O–H groups in total. The minimum absolute atomic E-state index is 0.0718. The summed E-state index contributed by atoms with van der Waals surface area (Å²) in [6.45, 7) is 1.16. The maximum Gasteiger partial charge on any atom is 0.279 e. The largest absolute Gasteiger partial charge is 0.493 e. The van der Waals surface area contributed by atoms with Gasteiger partial charge in [0.15, 0.2) is 18.0 Å². The minimum Gasteiger partial charge on any atom is -0.493 e. The lowest BCUT2D eigenvalue weighted by Crippen LogP contribution is -3.10. The molecule has 7 heteroatoms. The third-order valence-corrected chi connectivity index (χ3v) is 4.41. The van der Waals surface area contributed by atoms with Gasteiger partial charge in [-0.05, 0) is 42.0 Å². The number of methoxy groups -OCH3 is 2. The molecule has 0 aliphatic heterocycles. The maximum absolute atomic E-state index is 12.2. The van der Waals surface area contributed by atoms with E-state index in [-0.39, 0.29) is 11.8 Å². The smallest absolute Gasteiger partial charge is 0.279 e. The third kappa shape index (κ3) is 5.99. The van der Waals surface area contributed by atoms with Crippen LogP contribution in [0.15, 0.2) is 42.5 Å². The lowest BCUT2D eigenvalue weighted by Gasteiger charge is -2.15. The number of hydrogen-bond acceptors (Lipinski definition) is 4. The lowest BCUT2D eigenvalue weighted by molar-refractivity contribution is -0.870. The van der Waals surface area contributed by atoms with Crippen molar-refractivity contribution in [1.82, 2.24) is 5.32 Å². The van der Waals surface area contributed by atoms with E-state index in [4.69, 9.17) is 9.47 Å². The number of carbonyl (C=O) groups is 2. The van der Waals surface area contributed by atoms with E-state index < -0.39 is 0 Å². The molecule has 0 aliphatic rings. The van der Waals surface area contributed by atoms with Crippen LogP contribution in [0.2, 0.25) is 0 Å². The molecule has 150 valence electrons. The molecular formula is C21H28N3O4+. The van der Waals surface area contributed by atoms with E-state index in [1.54, 1.807) is 45.5 Å². The van der Waals surface area contributed by atoms with Gasteiger partial charge in [-0.1, -0.05) is 6.07 Å². The fraction of sp³-hybridized carbons (Fsp3) is 0.333. The van der Waals surface area contributed by atoms with Crippen molar-refractivity contribution in [3.8, 4) is 11.5 Å². The molecule has 2 aromatic rings. The molecule has 0 fully saturated rings. The van der Waals surface area contributed by atoms with Gasteiger partial charge in [0.2, 0.25) is 0 Å². The summed E-state index contributed by atoms with van der Waals surface area (Å²) in [6.07, 6.45) is 0.820. The maximum atomic E-state index is 12.2. The number of benzene rings is 2. The van der Waals surface area contributed by atoms with Gasteiger partial charge < -0.3 is 25.0 Å². The molecule has 0 saturated heterocycles. The summed E-state index contributed by atoms with van der Waals surface area (Å²) < 4.78 is 10.6. The molecule has 0 bridgehead atoms. The van der Waals surface area contributed by atoms with Crippen molar-refractivity contribution >= 4 is 17.5 Å². The van der Waals surface area contributed by atoms with Gasteiger partial charge in [0.25, 0.3) is 11.8 Å². The molecule has 0 spiro atoms. The Labute approximate surface area is 165 Å². The second kappa shape index (κ2) is 10.3. The zero-order chi connectivity index (χ0) is 20.5. The summed E-state index contributed by atoms with van der Waals surface area (Å²) in [4.78, 5) is 24.9. The summed E-state index contributed by atoms with van der Waals surface area (Å²) >= 11 is 0. The first-order chi connectivity index (χ1) is 13.5. The number of nitrogens with one attached hydrogen (secondary N) is 3. The van der Waals surface area contributed by atoms with Crippen LogP contribution in [0.25, 0.3) is 0 Å². The van der Waals surface area contributed by atoms with Gasteiger partial charge in [-0.2, -0.15) is 0 Å². The van der Waals surface area contributed by atoms with Crippen molar-refractivity contribution in [2.45, 2.75) is 6.42 Å². The zero-order valence-corrected chi connectivity index (χ0v) is 16.8. The molecule has 2 rings (SSSR count). The van der Waals surface area contributed by atoms with E-state index in [2.05, 4.69) is 10.6 Å². The van der Waals surface area contributed by atoms with Crippen LogP contribution in [0.5, 0.6) is 11.5 Å². The van der Waals surface area contributed by atoms with E-state index in [1.807, 2.05) is 25.2 Å². The predicted molar refractivity (Wildman–Crippen MR) is 108 cm³/mol. The van der Waals surface area contributed by atoms with Crippen molar-refractivity contribution in [2.75, 3.05) is 46.7 Å². The number of ether oxygens (including phenoxy) is 2. The van der Waals surface area contributed by atoms with Crippen molar-refractivity contribution in [3.63, 3.8) is 0 Å². The highest BCUT2D eigenvalue weighted by Crippen LogP contribution is 2.27. The Morgan fingerprint density at radius 1 is 1.00 bits per heavy atom. The third-order valence-electron chi connectivity index (χ3n) is 4.41. The molecule has 28 heavy (non-hydrogen) atoms. The number of anilines is 1. The Hall–Kier alpha value is -3.06. The van der Waals surface area contributed by atoms with E-state index in [0.717, 1.165) is 23.4 Å². The minimum atomic E-state index is -0.155. The van der Waals surface area contributed by atoms with Gasteiger partial charge in [-0.15, -0.1) is 0 Å². The van der Waals surface area contributed by atoms with E-state index in [0.29, 0.717) is 29.3 Å². The van der Waals surface area contributed by atoms with Crippen molar-refractivity contribution in [3.05, 3.63) is 53.6 Å². The highest BCUT2D eigenvalue weighted by Gasteiger charge is 2.12. The standard InChI is InChI=1S/C21H27N3O4/c1-22-21(26)16-6-8-17(9-7-16)23-20(25)14-24(2)12-11-15-5-10-18(27-3)19(13-15)28-4/h5-10,13H,11-12,14H2,1-4H3,(H,22,26)(H,23,25)/p+1. The summed E-state index contributed by atoms with van der Waals surface area (Å²) in [5.74, 6) is 1.18. The summed E-state index contributed by atoms with van der Waals surface area (Å²) in [6, 6.07) is 12.7. The van der Waals surface area contributed by atoms with Gasteiger partial charge in [0.1, 0.15) is 0 Å². The summed E-state index contributed by atoms with van der Waals surface area (Å²) in [5, 5.41) is 5.42. The highest BCUT2D eigenvalue weighted by molar-refractivity contribution is 5.95. The lowest BCUT2D eigenvalue weighted by atomic mass is 10.1. The van der Waals surface area contributed by atoms with Crippen LogP contribution in [-0.2, 0) is 11.2 Å². The molecule has 2 aromatic carbocycles. The zero-order valence-electron chi connectivity index (χ0n) is 16.8. The van der Waals surface area contributed by atoms with E-state index in [1.165, 1.54) is 0 Å². The second-order valence-electron chi connectivity index (χ2n) is 6.53. The summed E-state index contributed by atoms with van der Waals surface area (Å²) in [5.41, 5.74) is 2.35. The van der Waals surface area contributed by atoms with Crippen molar-refractivity contribution < 1.29 is 24.0 Å². The van der Waals surface area contributed by atoms with Gasteiger partial charge in [-0.25, -0.2) is 0 Å². The fourth-order valence-electron chi connectivity index (χ4n) is 2.81. The molecule has 2 amide bonds.